The Morgan fingerprint density at radius 2 is 2.00 bits per heavy atom. The molecule has 0 atom stereocenters. The maximum atomic E-state index is 12.0. The molecule has 0 radical (unpaired) electrons. The summed E-state index contributed by atoms with van der Waals surface area (Å²) in [5.74, 6) is -0.00300. The van der Waals surface area contributed by atoms with Crippen molar-refractivity contribution in [3.8, 4) is 0 Å². The molecular formula is C13H22ClN3O3S. The summed E-state index contributed by atoms with van der Waals surface area (Å²) in [6, 6.07) is 6.85. The molecule has 1 aromatic rings. The van der Waals surface area contributed by atoms with Gasteiger partial charge in [-0.25, -0.2) is 8.42 Å². The lowest BCUT2D eigenvalue weighted by molar-refractivity contribution is -0.129. The number of amides is 1. The standard InChI is InChI=1S/C13H21N3O3S.ClH/c1-14-7-8-16(2)13(17)10-11-5-4-6-12(9-11)15-20(3,18)19;/h4-6,9,14-15H,7-8,10H2,1-3H3;1H. The summed E-state index contributed by atoms with van der Waals surface area (Å²) in [6.07, 6.45) is 1.34. The molecule has 120 valence electrons. The second-order valence-corrected chi connectivity index (χ2v) is 6.42. The quantitative estimate of drug-likeness (QED) is 0.769. The lowest BCUT2D eigenvalue weighted by Gasteiger charge is -2.17. The second-order valence-electron chi connectivity index (χ2n) is 4.67. The van der Waals surface area contributed by atoms with Gasteiger partial charge in [0.2, 0.25) is 15.9 Å². The van der Waals surface area contributed by atoms with E-state index in [4.69, 9.17) is 0 Å². The SMILES string of the molecule is CNCCN(C)C(=O)Cc1cccc(NS(C)(=O)=O)c1.Cl. The summed E-state index contributed by atoms with van der Waals surface area (Å²) < 4.78 is 24.7. The number of nitrogens with zero attached hydrogens (tertiary/aromatic N) is 1. The molecule has 21 heavy (non-hydrogen) atoms. The van der Waals surface area contributed by atoms with Crippen LogP contribution in [0, 0.1) is 0 Å². The number of sulfonamides is 1. The fourth-order valence-corrected chi connectivity index (χ4v) is 2.23. The molecule has 6 nitrogen and oxygen atoms in total. The van der Waals surface area contributed by atoms with Crippen molar-refractivity contribution in [2.45, 2.75) is 6.42 Å². The molecule has 2 N–H and O–H groups in total. The van der Waals surface area contributed by atoms with E-state index in [0.29, 0.717) is 12.2 Å². The fourth-order valence-electron chi connectivity index (χ4n) is 1.67. The van der Waals surface area contributed by atoms with Crippen LogP contribution in [-0.4, -0.2) is 52.7 Å². The number of carbonyl (C=O) groups excluding carboxylic acids is 1. The average Bonchev–Trinajstić information content (AvgIpc) is 2.34. The van der Waals surface area contributed by atoms with Gasteiger partial charge in [0.15, 0.2) is 0 Å². The largest absolute Gasteiger partial charge is 0.344 e. The maximum Gasteiger partial charge on any atom is 0.229 e. The Kier molecular flexibility index (Phi) is 8.31. The minimum Gasteiger partial charge on any atom is -0.344 e. The Hall–Kier alpha value is -1.31. The predicted octanol–water partition coefficient (Wildman–Crippen LogP) is 0.700. The number of hydrogen-bond donors (Lipinski definition) is 2. The van der Waals surface area contributed by atoms with Crippen LogP contribution in [0.4, 0.5) is 5.69 Å². The van der Waals surface area contributed by atoms with Crippen molar-refractivity contribution in [2.75, 3.05) is 38.2 Å². The van der Waals surface area contributed by atoms with E-state index >= 15 is 0 Å². The molecule has 0 unspecified atom stereocenters. The minimum atomic E-state index is -3.30. The van der Waals surface area contributed by atoms with E-state index in [-0.39, 0.29) is 24.7 Å². The van der Waals surface area contributed by atoms with E-state index in [1.54, 1.807) is 36.2 Å². The summed E-state index contributed by atoms with van der Waals surface area (Å²) in [6.45, 7) is 1.37. The van der Waals surface area contributed by atoms with Crippen LogP contribution in [0.15, 0.2) is 24.3 Å². The first-order valence-electron chi connectivity index (χ1n) is 6.27. The Morgan fingerprint density at radius 1 is 1.33 bits per heavy atom. The van der Waals surface area contributed by atoms with Crippen molar-refractivity contribution in [1.82, 2.24) is 10.2 Å². The fraction of sp³-hybridized carbons (Fsp3) is 0.462. The molecule has 0 aliphatic carbocycles. The van der Waals surface area contributed by atoms with Crippen LogP contribution in [0.5, 0.6) is 0 Å². The third-order valence-corrected chi connectivity index (χ3v) is 3.32. The molecule has 1 rings (SSSR count). The summed E-state index contributed by atoms with van der Waals surface area (Å²) >= 11 is 0. The van der Waals surface area contributed by atoms with E-state index in [1.165, 1.54) is 0 Å². The highest BCUT2D eigenvalue weighted by atomic mass is 35.5. The average molecular weight is 336 g/mol. The Labute approximate surface area is 132 Å². The first-order chi connectivity index (χ1) is 9.31. The van der Waals surface area contributed by atoms with Crippen LogP contribution in [0.2, 0.25) is 0 Å². The molecule has 0 aliphatic rings. The normalized spacial score (nSPS) is 10.6. The van der Waals surface area contributed by atoms with Gasteiger partial charge in [0.25, 0.3) is 0 Å². The zero-order chi connectivity index (χ0) is 15.2. The van der Waals surface area contributed by atoms with Crippen molar-refractivity contribution >= 4 is 34.0 Å². The molecule has 0 heterocycles. The molecule has 0 aromatic heterocycles. The van der Waals surface area contributed by atoms with Gasteiger partial charge in [0.05, 0.1) is 12.7 Å². The molecule has 0 saturated heterocycles. The van der Waals surface area contributed by atoms with E-state index in [9.17, 15) is 13.2 Å². The van der Waals surface area contributed by atoms with Gasteiger partial charge in [0, 0.05) is 25.8 Å². The Balaban J connectivity index is 0.00000400. The van der Waals surface area contributed by atoms with E-state index < -0.39 is 10.0 Å². The van der Waals surface area contributed by atoms with Crippen LogP contribution in [0.1, 0.15) is 5.56 Å². The number of likely N-dealkylation sites (N-methyl/N-ethyl adjacent to an activating group) is 2. The number of anilines is 1. The van der Waals surface area contributed by atoms with Crippen molar-refractivity contribution in [2.24, 2.45) is 0 Å². The number of benzene rings is 1. The van der Waals surface area contributed by atoms with E-state index in [0.717, 1.165) is 18.4 Å². The maximum absolute atomic E-state index is 12.0. The highest BCUT2D eigenvalue weighted by molar-refractivity contribution is 7.92. The van der Waals surface area contributed by atoms with Crippen LogP contribution in [0.25, 0.3) is 0 Å². The van der Waals surface area contributed by atoms with Crippen molar-refractivity contribution < 1.29 is 13.2 Å². The number of rotatable bonds is 7. The second kappa shape index (κ2) is 8.86. The highest BCUT2D eigenvalue weighted by Gasteiger charge is 2.10. The zero-order valence-electron chi connectivity index (χ0n) is 12.4. The Morgan fingerprint density at radius 3 is 2.57 bits per heavy atom. The van der Waals surface area contributed by atoms with Gasteiger partial charge in [0.1, 0.15) is 0 Å². The van der Waals surface area contributed by atoms with Gasteiger partial charge in [-0.15, -0.1) is 12.4 Å². The van der Waals surface area contributed by atoms with Gasteiger partial charge < -0.3 is 10.2 Å². The number of halogens is 1. The van der Waals surface area contributed by atoms with Crippen LogP contribution >= 0.6 is 12.4 Å². The van der Waals surface area contributed by atoms with Gasteiger partial charge in [-0.05, 0) is 24.7 Å². The molecule has 0 bridgehead atoms. The van der Waals surface area contributed by atoms with Gasteiger partial charge >= 0.3 is 0 Å². The molecule has 1 aromatic carbocycles. The lowest BCUT2D eigenvalue weighted by Crippen LogP contribution is -2.33. The van der Waals surface area contributed by atoms with Crippen molar-refractivity contribution in [3.05, 3.63) is 29.8 Å². The first kappa shape index (κ1) is 19.7. The highest BCUT2D eigenvalue weighted by Crippen LogP contribution is 2.13. The summed E-state index contributed by atoms with van der Waals surface area (Å²) in [4.78, 5) is 13.6. The third kappa shape index (κ3) is 7.89. The van der Waals surface area contributed by atoms with Crippen molar-refractivity contribution in [1.29, 1.82) is 0 Å². The van der Waals surface area contributed by atoms with Gasteiger partial charge in [-0.2, -0.15) is 0 Å². The summed E-state index contributed by atoms with van der Waals surface area (Å²) in [5.41, 5.74) is 1.25. The zero-order valence-corrected chi connectivity index (χ0v) is 14.1. The molecule has 0 aliphatic heterocycles. The number of carbonyl (C=O) groups is 1. The minimum absolute atomic E-state index is 0. The first-order valence-corrected chi connectivity index (χ1v) is 8.16. The lowest BCUT2D eigenvalue weighted by atomic mass is 10.1. The molecule has 1 amide bonds. The smallest absolute Gasteiger partial charge is 0.229 e. The van der Waals surface area contributed by atoms with E-state index in [1.807, 2.05) is 7.05 Å². The number of hydrogen-bond acceptors (Lipinski definition) is 4. The van der Waals surface area contributed by atoms with Crippen LogP contribution in [0.3, 0.4) is 0 Å². The predicted molar refractivity (Wildman–Crippen MR) is 87.4 cm³/mol. The monoisotopic (exact) mass is 335 g/mol. The summed E-state index contributed by atoms with van der Waals surface area (Å²) in [7, 11) is 0.276. The van der Waals surface area contributed by atoms with E-state index in [2.05, 4.69) is 10.0 Å². The van der Waals surface area contributed by atoms with Crippen LogP contribution in [-0.2, 0) is 21.2 Å². The topological polar surface area (TPSA) is 78.5 Å². The molecule has 0 spiro atoms. The molecular weight excluding hydrogens is 314 g/mol. The van der Waals surface area contributed by atoms with Crippen molar-refractivity contribution in [3.63, 3.8) is 0 Å². The molecule has 0 saturated carbocycles. The molecule has 0 fully saturated rings. The van der Waals surface area contributed by atoms with Crippen LogP contribution < -0.4 is 10.0 Å². The third-order valence-electron chi connectivity index (χ3n) is 2.71. The Bertz CT molecular complexity index is 564. The molecule has 8 heteroatoms. The summed E-state index contributed by atoms with van der Waals surface area (Å²) in [5, 5.41) is 2.98. The number of nitrogens with one attached hydrogen (secondary N) is 2. The van der Waals surface area contributed by atoms with Gasteiger partial charge in [-0.3, -0.25) is 9.52 Å². The van der Waals surface area contributed by atoms with Gasteiger partial charge in [-0.1, -0.05) is 12.1 Å².